The monoisotopic (exact) mass is 498 g/mol. The summed E-state index contributed by atoms with van der Waals surface area (Å²) in [5, 5.41) is 2.27. The molecule has 1 N–H and O–H groups in total. The highest BCUT2D eigenvalue weighted by Gasteiger charge is 2.46. The first-order chi connectivity index (χ1) is 13.8. The van der Waals surface area contributed by atoms with Gasteiger partial charge in [0.05, 0.1) is 37.3 Å². The number of halogens is 4. The van der Waals surface area contributed by atoms with Gasteiger partial charge < -0.3 is 10.1 Å². The van der Waals surface area contributed by atoms with Crippen LogP contribution in [0.5, 0.6) is 0 Å². The summed E-state index contributed by atoms with van der Waals surface area (Å²) in [4.78, 5) is 39.9. The van der Waals surface area contributed by atoms with E-state index < -0.39 is 23.8 Å². The van der Waals surface area contributed by atoms with Crippen molar-refractivity contribution in [2.45, 2.75) is 31.4 Å². The number of carbonyl (C=O) groups excluding carboxylic acids is 3. The zero-order valence-corrected chi connectivity index (χ0v) is 19.2. The Balaban J connectivity index is 1.90. The molecular formula is C18H18Cl4N2O4S. The van der Waals surface area contributed by atoms with Crippen LogP contribution in [0, 0.1) is 0 Å². The molecule has 0 bridgehead atoms. The van der Waals surface area contributed by atoms with E-state index in [4.69, 9.17) is 51.1 Å². The topological polar surface area (TPSA) is 75.7 Å². The van der Waals surface area contributed by atoms with Gasteiger partial charge in [0.2, 0.25) is 5.91 Å². The van der Waals surface area contributed by atoms with Crippen LogP contribution in [0.1, 0.15) is 40.0 Å². The van der Waals surface area contributed by atoms with E-state index in [0.717, 1.165) is 17.7 Å². The summed E-state index contributed by atoms with van der Waals surface area (Å²) in [5.41, 5.74) is -0.255. The van der Waals surface area contributed by atoms with E-state index in [1.165, 1.54) is 11.8 Å². The van der Waals surface area contributed by atoms with Gasteiger partial charge in [-0.05, 0) is 31.3 Å². The Morgan fingerprint density at radius 3 is 2.21 bits per heavy atom. The Labute approximate surface area is 192 Å². The number of imide groups is 1. The molecule has 1 aromatic carbocycles. The molecule has 0 spiro atoms. The van der Waals surface area contributed by atoms with Gasteiger partial charge in [-0.1, -0.05) is 46.4 Å². The second-order valence-corrected chi connectivity index (χ2v) is 9.16. The molecule has 1 aromatic rings. The zero-order chi connectivity index (χ0) is 21.3. The van der Waals surface area contributed by atoms with Crippen LogP contribution in [0.3, 0.4) is 0 Å². The van der Waals surface area contributed by atoms with E-state index in [1.807, 2.05) is 6.26 Å². The lowest BCUT2D eigenvalue weighted by Gasteiger charge is -2.25. The van der Waals surface area contributed by atoms with Crippen molar-refractivity contribution in [3.63, 3.8) is 0 Å². The molecule has 29 heavy (non-hydrogen) atoms. The van der Waals surface area contributed by atoms with E-state index in [9.17, 15) is 14.4 Å². The summed E-state index contributed by atoms with van der Waals surface area (Å²) in [6.45, 7) is 0.976. The van der Waals surface area contributed by atoms with Crippen molar-refractivity contribution < 1.29 is 19.1 Å². The van der Waals surface area contributed by atoms with Crippen LogP contribution in [-0.4, -0.2) is 59.9 Å². The third-order valence-corrected chi connectivity index (χ3v) is 7.32. The van der Waals surface area contributed by atoms with E-state index in [1.54, 1.807) is 0 Å². The van der Waals surface area contributed by atoms with Gasteiger partial charge in [0, 0.05) is 13.2 Å². The lowest BCUT2D eigenvalue weighted by molar-refractivity contribution is -0.125. The molecule has 1 saturated heterocycles. The van der Waals surface area contributed by atoms with Crippen LogP contribution >= 0.6 is 58.2 Å². The Morgan fingerprint density at radius 2 is 1.72 bits per heavy atom. The number of amides is 3. The summed E-state index contributed by atoms with van der Waals surface area (Å²) < 4.78 is 5.51. The van der Waals surface area contributed by atoms with Crippen molar-refractivity contribution in [2.24, 2.45) is 0 Å². The second kappa shape index (κ2) is 9.62. The second-order valence-electron chi connectivity index (χ2n) is 6.66. The SMILES string of the molecule is CSCC[C@H](C(=O)NC[C@@H]1CCCO1)N1C(=O)c2c(Cl)c(Cl)c(Cl)c(Cl)c2C1=O. The van der Waals surface area contributed by atoms with E-state index >= 15 is 0 Å². The molecule has 1 fully saturated rings. The fraction of sp³-hybridized carbons (Fsp3) is 0.500. The first-order valence-electron chi connectivity index (χ1n) is 8.91. The summed E-state index contributed by atoms with van der Waals surface area (Å²) in [5.74, 6) is -1.30. The Morgan fingerprint density at radius 1 is 1.14 bits per heavy atom. The fourth-order valence-corrected chi connectivity index (χ4v) is 4.87. The van der Waals surface area contributed by atoms with Crippen LogP contribution < -0.4 is 5.32 Å². The lowest BCUT2D eigenvalue weighted by atomic mass is 10.1. The number of hydrogen-bond donors (Lipinski definition) is 1. The van der Waals surface area contributed by atoms with E-state index in [2.05, 4.69) is 5.32 Å². The first kappa shape index (κ1) is 23.0. The molecule has 11 heteroatoms. The summed E-state index contributed by atoms with van der Waals surface area (Å²) in [6.07, 6.45) is 3.87. The van der Waals surface area contributed by atoms with Crippen molar-refractivity contribution in [1.82, 2.24) is 10.2 Å². The number of fused-ring (bicyclic) bond motifs is 1. The fourth-order valence-electron chi connectivity index (χ4n) is 3.39. The Hall–Kier alpha value is -0.700. The molecule has 6 nitrogen and oxygen atoms in total. The minimum atomic E-state index is -1.01. The molecule has 2 aliphatic rings. The molecule has 0 aromatic heterocycles. The molecule has 3 amide bonds. The number of hydrogen-bond acceptors (Lipinski definition) is 5. The van der Waals surface area contributed by atoms with Crippen molar-refractivity contribution in [2.75, 3.05) is 25.2 Å². The summed E-state index contributed by atoms with van der Waals surface area (Å²) in [7, 11) is 0. The van der Waals surface area contributed by atoms with Gasteiger partial charge in [-0.3, -0.25) is 19.3 Å². The van der Waals surface area contributed by atoms with Gasteiger partial charge in [-0.2, -0.15) is 11.8 Å². The highest BCUT2D eigenvalue weighted by molar-refractivity contribution is 7.98. The van der Waals surface area contributed by atoms with Gasteiger partial charge in [-0.25, -0.2) is 0 Å². The zero-order valence-electron chi connectivity index (χ0n) is 15.4. The normalized spacial score (nSPS) is 19.6. The maximum Gasteiger partial charge on any atom is 0.263 e. The maximum atomic E-state index is 13.1. The van der Waals surface area contributed by atoms with Gasteiger partial charge in [0.1, 0.15) is 6.04 Å². The van der Waals surface area contributed by atoms with E-state index in [-0.39, 0.29) is 43.7 Å². The Bertz CT molecular complexity index is 814. The van der Waals surface area contributed by atoms with Gasteiger partial charge >= 0.3 is 0 Å². The van der Waals surface area contributed by atoms with Crippen molar-refractivity contribution in [3.8, 4) is 0 Å². The smallest absolute Gasteiger partial charge is 0.263 e. The molecule has 0 radical (unpaired) electrons. The van der Waals surface area contributed by atoms with Crippen LogP contribution in [0.25, 0.3) is 0 Å². The number of rotatable bonds is 7. The van der Waals surface area contributed by atoms with Crippen LogP contribution in [0.4, 0.5) is 0 Å². The van der Waals surface area contributed by atoms with E-state index in [0.29, 0.717) is 18.9 Å². The highest BCUT2D eigenvalue weighted by Crippen LogP contribution is 2.45. The number of ether oxygens (including phenoxy) is 1. The number of nitrogens with one attached hydrogen (secondary N) is 1. The third-order valence-electron chi connectivity index (χ3n) is 4.87. The number of thioether (sulfide) groups is 1. The van der Waals surface area contributed by atoms with Crippen molar-refractivity contribution in [3.05, 3.63) is 31.2 Å². The number of carbonyl (C=O) groups is 3. The summed E-state index contributed by atoms with van der Waals surface area (Å²) >= 11 is 26.0. The molecular weight excluding hydrogens is 482 g/mol. The molecule has 3 rings (SSSR count). The molecule has 2 aliphatic heterocycles. The molecule has 158 valence electrons. The third kappa shape index (κ3) is 4.36. The predicted molar refractivity (Wildman–Crippen MR) is 116 cm³/mol. The van der Waals surface area contributed by atoms with Gasteiger partial charge in [-0.15, -0.1) is 0 Å². The van der Waals surface area contributed by atoms with Crippen LogP contribution in [-0.2, 0) is 9.53 Å². The minimum Gasteiger partial charge on any atom is -0.376 e. The maximum absolute atomic E-state index is 13.1. The van der Waals surface area contributed by atoms with Gasteiger partial charge in [0.25, 0.3) is 11.8 Å². The quantitative estimate of drug-likeness (QED) is 0.343. The largest absolute Gasteiger partial charge is 0.376 e. The standard InChI is InChI=1S/C18H18Cl4N2O4S/c1-29-6-4-9(16(25)23-7-8-3-2-5-28-8)24-17(26)10-11(18(24)27)13(20)15(22)14(21)12(10)19/h8-9H,2-7H2,1H3,(H,23,25)/t8-,9+/m0/s1. The molecule has 2 atom stereocenters. The molecule has 0 aliphatic carbocycles. The van der Waals surface area contributed by atoms with Crippen molar-refractivity contribution in [1.29, 1.82) is 0 Å². The van der Waals surface area contributed by atoms with Crippen LogP contribution in [0.2, 0.25) is 20.1 Å². The first-order valence-corrected chi connectivity index (χ1v) is 11.8. The number of benzene rings is 1. The highest BCUT2D eigenvalue weighted by atomic mass is 35.5. The minimum absolute atomic E-state index is 0.0659. The average molecular weight is 500 g/mol. The average Bonchev–Trinajstić information content (AvgIpc) is 3.31. The van der Waals surface area contributed by atoms with Crippen LogP contribution in [0.15, 0.2) is 0 Å². The van der Waals surface area contributed by atoms with Gasteiger partial charge in [0.15, 0.2) is 0 Å². The predicted octanol–water partition coefficient (Wildman–Crippen LogP) is 4.31. The lowest BCUT2D eigenvalue weighted by Crippen LogP contribution is -2.51. The molecule has 0 unspecified atom stereocenters. The molecule has 2 heterocycles. The summed E-state index contributed by atoms with van der Waals surface area (Å²) in [6, 6.07) is -1.01. The van der Waals surface area contributed by atoms with Crippen molar-refractivity contribution >= 4 is 75.9 Å². The molecule has 0 saturated carbocycles. The Kier molecular flexibility index (Phi) is 7.62. The number of nitrogens with zero attached hydrogens (tertiary/aromatic N) is 1.